The number of anilines is 1. The molecule has 4 rings (SSSR count). The molecule has 0 amide bonds. The molecule has 0 radical (unpaired) electrons. The van der Waals surface area contributed by atoms with Crippen LogP contribution in [0.2, 0.25) is 0 Å². The van der Waals surface area contributed by atoms with Crippen molar-refractivity contribution in [3.8, 4) is 11.4 Å². The van der Waals surface area contributed by atoms with Gasteiger partial charge in [-0.25, -0.2) is 0 Å². The van der Waals surface area contributed by atoms with Crippen LogP contribution in [0.3, 0.4) is 0 Å². The smallest absolute Gasteiger partial charge is 0.257 e. The Morgan fingerprint density at radius 3 is 2.65 bits per heavy atom. The maximum atomic E-state index is 5.65. The van der Waals surface area contributed by atoms with Gasteiger partial charge in [0.15, 0.2) is 0 Å². The molecule has 0 spiro atoms. The van der Waals surface area contributed by atoms with Crippen molar-refractivity contribution >= 4 is 5.69 Å². The van der Waals surface area contributed by atoms with E-state index in [2.05, 4.69) is 44.6 Å². The van der Waals surface area contributed by atoms with Crippen LogP contribution in [0, 0.1) is 0 Å². The first kappa shape index (κ1) is 14.7. The third kappa shape index (κ3) is 3.23. The summed E-state index contributed by atoms with van der Waals surface area (Å²) in [6.45, 7) is 4.56. The fraction of sp³-hybridized carbons (Fsp3) is 0.529. The van der Waals surface area contributed by atoms with Gasteiger partial charge in [-0.3, -0.25) is 0 Å². The molecule has 23 heavy (non-hydrogen) atoms. The van der Waals surface area contributed by atoms with Gasteiger partial charge in [0.05, 0.1) is 6.61 Å². The van der Waals surface area contributed by atoms with Crippen LogP contribution in [0.5, 0.6) is 0 Å². The summed E-state index contributed by atoms with van der Waals surface area (Å²) in [6.07, 6.45) is 3.77. The Morgan fingerprint density at radius 2 is 1.91 bits per heavy atom. The van der Waals surface area contributed by atoms with Gasteiger partial charge in [0.1, 0.15) is 6.10 Å². The number of nitrogens with zero attached hydrogens (tertiary/aromatic N) is 3. The van der Waals surface area contributed by atoms with Crippen molar-refractivity contribution in [2.75, 3.05) is 37.7 Å². The van der Waals surface area contributed by atoms with Crippen molar-refractivity contribution in [2.24, 2.45) is 0 Å². The van der Waals surface area contributed by atoms with Gasteiger partial charge in [-0.2, -0.15) is 4.98 Å². The monoisotopic (exact) mass is 314 g/mol. The predicted molar refractivity (Wildman–Crippen MR) is 87.4 cm³/mol. The van der Waals surface area contributed by atoms with Crippen LogP contribution in [0.15, 0.2) is 28.8 Å². The number of rotatable bonds is 3. The van der Waals surface area contributed by atoms with Gasteiger partial charge in [-0.05, 0) is 43.5 Å². The van der Waals surface area contributed by atoms with Crippen molar-refractivity contribution in [2.45, 2.75) is 25.4 Å². The van der Waals surface area contributed by atoms with Crippen molar-refractivity contribution in [1.82, 2.24) is 15.5 Å². The standard InChI is InChI=1S/C17H22N4O2/c1-2-9-21(10-3-1)14-6-4-13(5-7-14)16-19-17(23-20-16)15-12-18-8-11-22-15/h4-7,15,18H,1-3,8-12H2/t15-/m0/s1. The van der Waals surface area contributed by atoms with E-state index in [1.165, 1.54) is 24.9 Å². The molecule has 2 aliphatic heterocycles. The number of morpholine rings is 1. The van der Waals surface area contributed by atoms with E-state index in [-0.39, 0.29) is 6.10 Å². The Bertz CT molecular complexity index is 628. The molecule has 0 bridgehead atoms. The molecule has 0 aliphatic carbocycles. The summed E-state index contributed by atoms with van der Waals surface area (Å²) in [5.41, 5.74) is 2.25. The zero-order valence-corrected chi connectivity index (χ0v) is 13.2. The zero-order chi connectivity index (χ0) is 15.5. The van der Waals surface area contributed by atoms with Crippen molar-refractivity contribution in [3.63, 3.8) is 0 Å². The van der Waals surface area contributed by atoms with Crippen LogP contribution in [0.1, 0.15) is 31.3 Å². The maximum absolute atomic E-state index is 5.65. The minimum atomic E-state index is -0.141. The minimum Gasteiger partial charge on any atom is -0.372 e. The lowest BCUT2D eigenvalue weighted by atomic mass is 10.1. The Hall–Kier alpha value is -1.92. The molecule has 2 aromatic rings. The molecule has 1 aromatic carbocycles. The molecule has 6 heteroatoms. The highest BCUT2D eigenvalue weighted by Gasteiger charge is 2.22. The van der Waals surface area contributed by atoms with Crippen LogP contribution in [-0.2, 0) is 4.74 Å². The van der Waals surface area contributed by atoms with Crippen LogP contribution in [0.25, 0.3) is 11.4 Å². The molecule has 1 N–H and O–H groups in total. The molecular formula is C17H22N4O2. The quantitative estimate of drug-likeness (QED) is 0.938. The molecule has 2 saturated heterocycles. The topological polar surface area (TPSA) is 63.4 Å². The van der Waals surface area contributed by atoms with Crippen LogP contribution >= 0.6 is 0 Å². The van der Waals surface area contributed by atoms with E-state index in [4.69, 9.17) is 9.26 Å². The molecule has 6 nitrogen and oxygen atoms in total. The van der Waals surface area contributed by atoms with Gasteiger partial charge in [0, 0.05) is 37.4 Å². The summed E-state index contributed by atoms with van der Waals surface area (Å²) < 4.78 is 11.0. The Morgan fingerprint density at radius 1 is 1.09 bits per heavy atom. The van der Waals surface area contributed by atoms with E-state index in [1.807, 2.05) is 0 Å². The number of ether oxygens (including phenoxy) is 1. The van der Waals surface area contributed by atoms with E-state index >= 15 is 0 Å². The highest BCUT2D eigenvalue weighted by atomic mass is 16.5. The summed E-state index contributed by atoms with van der Waals surface area (Å²) in [6, 6.07) is 8.43. The van der Waals surface area contributed by atoms with Crippen LogP contribution < -0.4 is 10.2 Å². The molecule has 1 aromatic heterocycles. The van der Waals surface area contributed by atoms with Crippen LogP contribution in [0.4, 0.5) is 5.69 Å². The summed E-state index contributed by atoms with van der Waals surface area (Å²) in [7, 11) is 0. The van der Waals surface area contributed by atoms with Gasteiger partial charge < -0.3 is 19.5 Å². The fourth-order valence-corrected chi connectivity index (χ4v) is 3.18. The lowest BCUT2D eigenvalue weighted by molar-refractivity contribution is 0.00755. The molecule has 2 fully saturated rings. The van der Waals surface area contributed by atoms with E-state index in [9.17, 15) is 0 Å². The van der Waals surface area contributed by atoms with Gasteiger partial charge >= 0.3 is 0 Å². The molecule has 0 saturated carbocycles. The highest BCUT2D eigenvalue weighted by Crippen LogP contribution is 2.25. The summed E-state index contributed by atoms with van der Waals surface area (Å²) in [4.78, 5) is 6.93. The lowest BCUT2D eigenvalue weighted by Gasteiger charge is -2.28. The second kappa shape index (κ2) is 6.68. The lowest BCUT2D eigenvalue weighted by Crippen LogP contribution is -2.33. The van der Waals surface area contributed by atoms with E-state index < -0.39 is 0 Å². The third-order valence-corrected chi connectivity index (χ3v) is 4.49. The van der Waals surface area contributed by atoms with Crippen LogP contribution in [-0.4, -0.2) is 42.9 Å². The predicted octanol–water partition coefficient (Wildman–Crippen LogP) is 2.39. The molecule has 122 valence electrons. The third-order valence-electron chi connectivity index (χ3n) is 4.49. The molecule has 1 atom stereocenters. The summed E-state index contributed by atoms with van der Waals surface area (Å²) in [5, 5.41) is 7.36. The number of hydrogen-bond acceptors (Lipinski definition) is 6. The Labute approximate surface area is 135 Å². The number of aromatic nitrogens is 2. The molecule has 3 heterocycles. The first-order chi connectivity index (χ1) is 11.4. The van der Waals surface area contributed by atoms with Crippen molar-refractivity contribution in [3.05, 3.63) is 30.2 Å². The average molecular weight is 314 g/mol. The normalized spacial score (nSPS) is 22.3. The van der Waals surface area contributed by atoms with Crippen molar-refractivity contribution < 1.29 is 9.26 Å². The zero-order valence-electron chi connectivity index (χ0n) is 13.2. The molecule has 0 unspecified atom stereocenters. The molecular weight excluding hydrogens is 292 g/mol. The Balaban J connectivity index is 1.48. The number of piperidine rings is 1. The van der Waals surface area contributed by atoms with Gasteiger partial charge in [0.25, 0.3) is 5.89 Å². The molecule has 2 aliphatic rings. The van der Waals surface area contributed by atoms with E-state index in [0.29, 0.717) is 18.3 Å². The maximum Gasteiger partial charge on any atom is 0.257 e. The second-order valence-electron chi connectivity index (χ2n) is 6.11. The summed E-state index contributed by atoms with van der Waals surface area (Å²) in [5.74, 6) is 1.17. The van der Waals surface area contributed by atoms with Gasteiger partial charge in [-0.1, -0.05) is 5.16 Å². The number of hydrogen-bond donors (Lipinski definition) is 1. The van der Waals surface area contributed by atoms with Crippen molar-refractivity contribution in [1.29, 1.82) is 0 Å². The first-order valence-electron chi connectivity index (χ1n) is 8.41. The number of nitrogens with one attached hydrogen (secondary N) is 1. The van der Waals surface area contributed by atoms with E-state index in [1.54, 1.807) is 0 Å². The minimum absolute atomic E-state index is 0.141. The fourth-order valence-electron chi connectivity index (χ4n) is 3.18. The largest absolute Gasteiger partial charge is 0.372 e. The number of benzene rings is 1. The van der Waals surface area contributed by atoms with Gasteiger partial charge in [0.2, 0.25) is 5.82 Å². The average Bonchev–Trinajstić information content (AvgIpc) is 3.14. The van der Waals surface area contributed by atoms with E-state index in [0.717, 1.165) is 31.7 Å². The Kier molecular flexibility index (Phi) is 4.26. The summed E-state index contributed by atoms with van der Waals surface area (Å²) >= 11 is 0. The SMILES string of the molecule is c1cc(N2CCCCC2)ccc1-c1noc([C@@H]2CNCCO2)n1. The van der Waals surface area contributed by atoms with Gasteiger partial charge in [-0.15, -0.1) is 0 Å². The highest BCUT2D eigenvalue weighted by molar-refractivity contribution is 5.60. The second-order valence-corrected chi connectivity index (χ2v) is 6.11. The first-order valence-corrected chi connectivity index (χ1v) is 8.41.